The predicted octanol–water partition coefficient (Wildman–Crippen LogP) is 5.46. The van der Waals surface area contributed by atoms with E-state index < -0.39 is 5.60 Å². The third-order valence-electron chi connectivity index (χ3n) is 7.00. The number of benzene rings is 1. The standard InChI is InChI=1S/C26H40N2O4/c1-26(2,3)32-25(29)28-17-13-21(14-18-28)20-11-15-27(16-12-20)22-7-9-23(10-8-22)31-24-6-4-5-19-30-24/h7-10,20-21,24H,4-6,11-19H2,1-3H3. The summed E-state index contributed by atoms with van der Waals surface area (Å²) in [7, 11) is 0. The molecule has 1 unspecified atom stereocenters. The van der Waals surface area contributed by atoms with Gasteiger partial charge in [-0.05, 0) is 95.4 Å². The minimum atomic E-state index is -0.422. The van der Waals surface area contributed by atoms with E-state index in [4.69, 9.17) is 14.2 Å². The summed E-state index contributed by atoms with van der Waals surface area (Å²) in [5.41, 5.74) is 0.856. The Morgan fingerprint density at radius 1 is 0.906 bits per heavy atom. The maximum Gasteiger partial charge on any atom is 0.410 e. The van der Waals surface area contributed by atoms with Crippen LogP contribution in [0, 0.1) is 11.8 Å². The maximum absolute atomic E-state index is 12.3. The number of rotatable bonds is 4. The molecule has 6 heteroatoms. The minimum Gasteiger partial charge on any atom is -0.465 e. The Kier molecular flexibility index (Phi) is 7.49. The van der Waals surface area contributed by atoms with Gasteiger partial charge in [0.15, 0.2) is 6.29 Å². The number of nitrogens with zero attached hydrogens (tertiary/aromatic N) is 2. The van der Waals surface area contributed by atoms with Gasteiger partial charge >= 0.3 is 6.09 Å². The lowest BCUT2D eigenvalue weighted by Gasteiger charge is -2.41. The van der Waals surface area contributed by atoms with Crippen molar-refractivity contribution in [3.63, 3.8) is 0 Å². The zero-order chi connectivity index (χ0) is 22.6. The Labute approximate surface area is 193 Å². The summed E-state index contributed by atoms with van der Waals surface area (Å²) in [6, 6.07) is 8.51. The quantitative estimate of drug-likeness (QED) is 0.618. The predicted molar refractivity (Wildman–Crippen MR) is 126 cm³/mol. The molecule has 1 atom stereocenters. The van der Waals surface area contributed by atoms with E-state index in [0.717, 1.165) is 76.1 Å². The van der Waals surface area contributed by atoms with Crippen LogP contribution in [0.15, 0.2) is 24.3 Å². The van der Waals surface area contributed by atoms with Crippen molar-refractivity contribution in [3.8, 4) is 5.75 Å². The molecule has 3 heterocycles. The van der Waals surface area contributed by atoms with Crippen LogP contribution in [0.25, 0.3) is 0 Å². The molecule has 0 N–H and O–H groups in total. The summed E-state index contributed by atoms with van der Waals surface area (Å²) >= 11 is 0. The molecule has 0 spiro atoms. The first-order valence-electron chi connectivity index (χ1n) is 12.5. The second-order valence-corrected chi connectivity index (χ2v) is 10.5. The molecule has 178 valence electrons. The fourth-order valence-corrected chi connectivity index (χ4v) is 5.20. The molecule has 4 rings (SSSR count). The second kappa shape index (κ2) is 10.3. The van der Waals surface area contributed by atoms with Crippen molar-refractivity contribution in [2.24, 2.45) is 11.8 Å². The highest BCUT2D eigenvalue weighted by Gasteiger charge is 2.32. The van der Waals surface area contributed by atoms with Crippen molar-refractivity contribution in [1.29, 1.82) is 0 Å². The van der Waals surface area contributed by atoms with E-state index in [0.29, 0.717) is 0 Å². The van der Waals surface area contributed by atoms with E-state index in [-0.39, 0.29) is 12.4 Å². The first kappa shape index (κ1) is 23.2. The number of piperidine rings is 2. The van der Waals surface area contributed by atoms with Crippen LogP contribution < -0.4 is 9.64 Å². The molecule has 32 heavy (non-hydrogen) atoms. The number of carbonyl (C=O) groups excluding carboxylic acids is 1. The summed E-state index contributed by atoms with van der Waals surface area (Å²) < 4.78 is 17.2. The number of amides is 1. The zero-order valence-electron chi connectivity index (χ0n) is 20.1. The summed E-state index contributed by atoms with van der Waals surface area (Å²) in [6.45, 7) is 10.4. The van der Waals surface area contributed by atoms with E-state index in [1.54, 1.807) is 0 Å². The lowest BCUT2D eigenvalue weighted by atomic mass is 9.79. The average molecular weight is 445 g/mol. The van der Waals surface area contributed by atoms with Crippen LogP contribution >= 0.6 is 0 Å². The van der Waals surface area contributed by atoms with E-state index in [1.807, 2.05) is 25.7 Å². The average Bonchev–Trinajstić information content (AvgIpc) is 2.79. The number of likely N-dealkylation sites (tertiary alicyclic amines) is 1. The van der Waals surface area contributed by atoms with Crippen LogP contribution in [0.2, 0.25) is 0 Å². The molecule has 3 saturated heterocycles. The number of carbonyl (C=O) groups is 1. The van der Waals surface area contributed by atoms with Crippen LogP contribution in [0.1, 0.15) is 65.7 Å². The zero-order valence-corrected chi connectivity index (χ0v) is 20.1. The molecule has 1 amide bonds. The third kappa shape index (κ3) is 6.31. The summed E-state index contributed by atoms with van der Waals surface area (Å²) in [5, 5.41) is 0. The molecule has 0 aromatic heterocycles. The Hall–Kier alpha value is -1.95. The van der Waals surface area contributed by atoms with Crippen LogP contribution in [0.3, 0.4) is 0 Å². The van der Waals surface area contributed by atoms with Gasteiger partial charge in [0.1, 0.15) is 11.4 Å². The molecule has 0 bridgehead atoms. The first-order valence-corrected chi connectivity index (χ1v) is 12.5. The van der Waals surface area contributed by atoms with E-state index in [1.165, 1.54) is 24.9 Å². The minimum absolute atomic E-state index is 0.0907. The lowest BCUT2D eigenvalue weighted by Crippen LogP contribution is -2.44. The van der Waals surface area contributed by atoms with E-state index in [2.05, 4.69) is 29.2 Å². The van der Waals surface area contributed by atoms with Crippen molar-refractivity contribution >= 4 is 11.8 Å². The van der Waals surface area contributed by atoms with Gasteiger partial charge in [-0.15, -0.1) is 0 Å². The highest BCUT2D eigenvalue weighted by Crippen LogP contribution is 2.34. The molecule has 1 aromatic carbocycles. The highest BCUT2D eigenvalue weighted by molar-refractivity contribution is 5.68. The van der Waals surface area contributed by atoms with E-state index in [9.17, 15) is 4.79 Å². The fraction of sp³-hybridized carbons (Fsp3) is 0.731. The molecule has 0 aliphatic carbocycles. The van der Waals surface area contributed by atoms with E-state index >= 15 is 0 Å². The van der Waals surface area contributed by atoms with Crippen LogP contribution in [0.4, 0.5) is 10.5 Å². The fourth-order valence-electron chi connectivity index (χ4n) is 5.20. The van der Waals surface area contributed by atoms with Gasteiger partial charge in [0.2, 0.25) is 0 Å². The Morgan fingerprint density at radius 2 is 1.53 bits per heavy atom. The molecular formula is C26H40N2O4. The molecule has 0 radical (unpaired) electrons. The molecule has 1 aromatic rings. The van der Waals surface area contributed by atoms with Crippen molar-refractivity contribution in [2.45, 2.75) is 77.6 Å². The van der Waals surface area contributed by atoms with Crippen molar-refractivity contribution in [1.82, 2.24) is 4.90 Å². The van der Waals surface area contributed by atoms with Crippen LogP contribution in [-0.4, -0.2) is 55.7 Å². The largest absolute Gasteiger partial charge is 0.465 e. The maximum atomic E-state index is 12.3. The normalized spacial score (nSPS) is 23.8. The van der Waals surface area contributed by atoms with Gasteiger partial charge in [0.25, 0.3) is 0 Å². The second-order valence-electron chi connectivity index (χ2n) is 10.5. The molecule has 3 aliphatic rings. The van der Waals surface area contributed by atoms with Gasteiger partial charge in [-0.3, -0.25) is 0 Å². The Balaban J connectivity index is 1.20. The Bertz CT molecular complexity index is 723. The molecule has 6 nitrogen and oxygen atoms in total. The van der Waals surface area contributed by atoms with Gasteiger partial charge in [0, 0.05) is 38.3 Å². The summed E-state index contributed by atoms with van der Waals surface area (Å²) in [5.74, 6) is 2.38. The molecule has 3 aliphatic heterocycles. The van der Waals surface area contributed by atoms with Gasteiger partial charge in [-0.2, -0.15) is 0 Å². The first-order chi connectivity index (χ1) is 15.4. The number of hydrogen-bond donors (Lipinski definition) is 0. The van der Waals surface area contributed by atoms with Gasteiger partial charge in [-0.1, -0.05) is 0 Å². The highest BCUT2D eigenvalue weighted by atomic mass is 16.7. The molecular weight excluding hydrogens is 404 g/mol. The van der Waals surface area contributed by atoms with Gasteiger partial charge in [-0.25, -0.2) is 4.79 Å². The van der Waals surface area contributed by atoms with Crippen molar-refractivity contribution < 1.29 is 19.0 Å². The van der Waals surface area contributed by atoms with Gasteiger partial charge < -0.3 is 24.0 Å². The van der Waals surface area contributed by atoms with Gasteiger partial charge in [0.05, 0.1) is 6.61 Å². The van der Waals surface area contributed by atoms with Crippen LogP contribution in [-0.2, 0) is 9.47 Å². The number of anilines is 1. The monoisotopic (exact) mass is 444 g/mol. The van der Waals surface area contributed by atoms with Crippen LogP contribution in [0.5, 0.6) is 5.75 Å². The Morgan fingerprint density at radius 3 is 2.09 bits per heavy atom. The molecule has 0 saturated carbocycles. The third-order valence-corrected chi connectivity index (χ3v) is 7.00. The molecule has 3 fully saturated rings. The van der Waals surface area contributed by atoms with Crippen molar-refractivity contribution in [3.05, 3.63) is 24.3 Å². The summed E-state index contributed by atoms with van der Waals surface area (Å²) in [6.07, 6.45) is 7.69. The summed E-state index contributed by atoms with van der Waals surface area (Å²) in [4.78, 5) is 16.7. The SMILES string of the molecule is CC(C)(C)OC(=O)N1CCC(C2CCN(c3ccc(OC4CCCCO4)cc3)CC2)CC1. The number of ether oxygens (including phenoxy) is 3. The smallest absolute Gasteiger partial charge is 0.410 e. The lowest BCUT2D eigenvalue weighted by molar-refractivity contribution is -0.105. The number of hydrogen-bond acceptors (Lipinski definition) is 5. The van der Waals surface area contributed by atoms with Crippen molar-refractivity contribution in [2.75, 3.05) is 37.7 Å². The topological polar surface area (TPSA) is 51.2 Å².